The molecule has 5 nitrogen and oxygen atoms in total. The fraction of sp³-hybridized carbons (Fsp3) is 0.375. The molecular formula is C16H19NO4. The first-order valence-corrected chi connectivity index (χ1v) is 6.44. The average Bonchev–Trinajstić information content (AvgIpc) is 2.50. The van der Waals surface area contributed by atoms with E-state index in [4.69, 9.17) is 19.5 Å². The van der Waals surface area contributed by atoms with Gasteiger partial charge in [0.05, 0.1) is 26.9 Å². The molecule has 1 rings (SSSR count). The van der Waals surface area contributed by atoms with E-state index in [1.54, 1.807) is 26.0 Å². The Morgan fingerprint density at radius 1 is 1.10 bits per heavy atom. The van der Waals surface area contributed by atoms with Crippen LogP contribution in [0.3, 0.4) is 0 Å². The van der Waals surface area contributed by atoms with Crippen molar-refractivity contribution >= 4 is 11.9 Å². The molecule has 0 aliphatic heterocycles. The van der Waals surface area contributed by atoms with Gasteiger partial charge in [-0.3, -0.25) is 4.79 Å². The fourth-order valence-electron chi connectivity index (χ4n) is 1.79. The molecule has 0 bridgehead atoms. The standard InChI is InChI=1S/C16H19NO4/c1-10(2)16(18)12(9-17)6-11-7-14(20-4)15(21-5)8-13(11)19-3/h6-8,10H,1-5H3. The summed E-state index contributed by atoms with van der Waals surface area (Å²) in [7, 11) is 4.55. The van der Waals surface area contributed by atoms with Gasteiger partial charge in [-0.15, -0.1) is 0 Å². The molecule has 0 saturated heterocycles. The van der Waals surface area contributed by atoms with E-state index in [1.165, 1.54) is 27.4 Å². The summed E-state index contributed by atoms with van der Waals surface area (Å²) in [4.78, 5) is 12.0. The number of carbonyl (C=O) groups excluding carboxylic acids is 1. The van der Waals surface area contributed by atoms with Crippen LogP contribution < -0.4 is 14.2 Å². The van der Waals surface area contributed by atoms with Crippen molar-refractivity contribution in [3.63, 3.8) is 0 Å². The van der Waals surface area contributed by atoms with Crippen molar-refractivity contribution in [2.75, 3.05) is 21.3 Å². The SMILES string of the molecule is COc1cc(OC)c(OC)cc1C=C(C#N)C(=O)C(C)C. The van der Waals surface area contributed by atoms with Crippen molar-refractivity contribution in [2.24, 2.45) is 5.92 Å². The van der Waals surface area contributed by atoms with Crippen LogP contribution in [0.25, 0.3) is 6.08 Å². The van der Waals surface area contributed by atoms with Crippen molar-refractivity contribution < 1.29 is 19.0 Å². The quantitative estimate of drug-likeness (QED) is 0.595. The Hall–Kier alpha value is -2.48. The van der Waals surface area contributed by atoms with Crippen molar-refractivity contribution in [2.45, 2.75) is 13.8 Å². The van der Waals surface area contributed by atoms with Gasteiger partial charge in [0.15, 0.2) is 17.3 Å². The highest BCUT2D eigenvalue weighted by atomic mass is 16.5. The number of nitriles is 1. The molecule has 112 valence electrons. The molecule has 21 heavy (non-hydrogen) atoms. The lowest BCUT2D eigenvalue weighted by Gasteiger charge is -2.12. The van der Waals surface area contributed by atoms with Gasteiger partial charge in [0.2, 0.25) is 0 Å². The van der Waals surface area contributed by atoms with E-state index in [-0.39, 0.29) is 17.3 Å². The van der Waals surface area contributed by atoms with Gasteiger partial charge in [-0.1, -0.05) is 13.8 Å². The van der Waals surface area contributed by atoms with Crippen LogP contribution in [0.15, 0.2) is 17.7 Å². The van der Waals surface area contributed by atoms with Gasteiger partial charge in [0.1, 0.15) is 11.8 Å². The van der Waals surface area contributed by atoms with Gasteiger partial charge in [-0.25, -0.2) is 0 Å². The number of methoxy groups -OCH3 is 3. The monoisotopic (exact) mass is 289 g/mol. The van der Waals surface area contributed by atoms with E-state index in [9.17, 15) is 4.79 Å². The number of ether oxygens (including phenoxy) is 3. The molecule has 0 aliphatic rings. The maximum atomic E-state index is 12.0. The molecule has 0 aliphatic carbocycles. The molecular weight excluding hydrogens is 270 g/mol. The Kier molecular flexibility index (Phi) is 5.79. The summed E-state index contributed by atoms with van der Waals surface area (Å²) in [6.45, 7) is 3.50. The van der Waals surface area contributed by atoms with Gasteiger partial charge in [-0.2, -0.15) is 5.26 Å². The fourth-order valence-corrected chi connectivity index (χ4v) is 1.79. The lowest BCUT2D eigenvalue weighted by atomic mass is 9.99. The van der Waals surface area contributed by atoms with E-state index in [2.05, 4.69) is 0 Å². The zero-order valence-corrected chi connectivity index (χ0v) is 12.9. The zero-order valence-electron chi connectivity index (χ0n) is 12.9. The molecule has 0 aromatic heterocycles. The summed E-state index contributed by atoms with van der Waals surface area (Å²) in [5.41, 5.74) is 0.663. The number of benzene rings is 1. The maximum absolute atomic E-state index is 12.0. The normalized spacial score (nSPS) is 11.0. The third kappa shape index (κ3) is 3.76. The van der Waals surface area contributed by atoms with Gasteiger partial charge in [-0.05, 0) is 12.1 Å². The Morgan fingerprint density at radius 2 is 1.62 bits per heavy atom. The third-order valence-corrected chi connectivity index (χ3v) is 2.95. The topological polar surface area (TPSA) is 68.6 Å². The average molecular weight is 289 g/mol. The first kappa shape index (κ1) is 16.6. The molecule has 5 heteroatoms. The van der Waals surface area contributed by atoms with Crippen molar-refractivity contribution in [3.8, 4) is 23.3 Å². The van der Waals surface area contributed by atoms with E-state index < -0.39 is 0 Å². The number of hydrogen-bond donors (Lipinski definition) is 0. The van der Waals surface area contributed by atoms with Crippen LogP contribution in [0, 0.1) is 17.2 Å². The maximum Gasteiger partial charge on any atom is 0.175 e. The van der Waals surface area contributed by atoms with Crippen molar-refractivity contribution in [3.05, 3.63) is 23.3 Å². The van der Waals surface area contributed by atoms with Crippen LogP contribution in [0.4, 0.5) is 0 Å². The van der Waals surface area contributed by atoms with Crippen LogP contribution in [0.1, 0.15) is 19.4 Å². The predicted molar refractivity (Wildman–Crippen MR) is 79.5 cm³/mol. The van der Waals surface area contributed by atoms with Crippen LogP contribution in [-0.2, 0) is 4.79 Å². The Bertz CT molecular complexity index is 597. The van der Waals surface area contributed by atoms with Gasteiger partial charge >= 0.3 is 0 Å². The van der Waals surface area contributed by atoms with Gasteiger partial charge in [0, 0.05) is 17.5 Å². The van der Waals surface area contributed by atoms with E-state index >= 15 is 0 Å². The number of carbonyl (C=O) groups is 1. The summed E-state index contributed by atoms with van der Waals surface area (Å²) in [6, 6.07) is 5.25. The number of ketones is 1. The van der Waals surface area contributed by atoms with Crippen LogP contribution in [-0.4, -0.2) is 27.1 Å². The first-order chi connectivity index (χ1) is 9.98. The molecule has 1 aromatic carbocycles. The second-order valence-corrected chi connectivity index (χ2v) is 4.64. The molecule has 0 N–H and O–H groups in total. The van der Waals surface area contributed by atoms with Crippen LogP contribution >= 0.6 is 0 Å². The Labute approximate surface area is 124 Å². The molecule has 0 heterocycles. The highest BCUT2D eigenvalue weighted by Gasteiger charge is 2.16. The highest BCUT2D eigenvalue weighted by Crippen LogP contribution is 2.35. The minimum atomic E-state index is -0.248. The Morgan fingerprint density at radius 3 is 2.05 bits per heavy atom. The minimum Gasteiger partial charge on any atom is -0.496 e. The summed E-state index contributed by atoms with van der Waals surface area (Å²) < 4.78 is 15.7. The second-order valence-electron chi connectivity index (χ2n) is 4.64. The molecule has 0 unspecified atom stereocenters. The van der Waals surface area contributed by atoms with Crippen molar-refractivity contribution in [1.29, 1.82) is 5.26 Å². The predicted octanol–water partition coefficient (Wildman–Crippen LogP) is 2.84. The van der Waals surface area contributed by atoms with Crippen LogP contribution in [0.5, 0.6) is 17.2 Å². The molecule has 0 amide bonds. The largest absolute Gasteiger partial charge is 0.496 e. The summed E-state index contributed by atoms with van der Waals surface area (Å²) >= 11 is 0. The zero-order chi connectivity index (χ0) is 16.0. The summed E-state index contributed by atoms with van der Waals surface area (Å²) in [5.74, 6) is 1.05. The second kappa shape index (κ2) is 7.34. The van der Waals surface area contributed by atoms with E-state index in [0.29, 0.717) is 22.8 Å². The molecule has 0 atom stereocenters. The molecule has 0 saturated carbocycles. The van der Waals surface area contributed by atoms with Gasteiger partial charge in [0.25, 0.3) is 0 Å². The number of Topliss-reactive ketones (excluding diaryl/α,β-unsaturated/α-hetero) is 1. The first-order valence-electron chi connectivity index (χ1n) is 6.44. The molecule has 0 radical (unpaired) electrons. The summed E-state index contributed by atoms with van der Waals surface area (Å²) in [5, 5.41) is 9.16. The van der Waals surface area contributed by atoms with E-state index in [1.807, 2.05) is 6.07 Å². The number of nitrogens with zero attached hydrogens (tertiary/aromatic N) is 1. The number of rotatable bonds is 6. The lowest BCUT2D eigenvalue weighted by Crippen LogP contribution is -2.09. The number of hydrogen-bond acceptors (Lipinski definition) is 5. The highest BCUT2D eigenvalue weighted by molar-refractivity contribution is 6.04. The third-order valence-electron chi connectivity index (χ3n) is 2.95. The Balaban J connectivity index is 3.41. The molecule has 1 aromatic rings. The summed E-state index contributed by atoms with van der Waals surface area (Å²) in [6.07, 6.45) is 1.50. The minimum absolute atomic E-state index is 0.0792. The smallest absolute Gasteiger partial charge is 0.175 e. The number of allylic oxidation sites excluding steroid dienone is 1. The lowest BCUT2D eigenvalue weighted by molar-refractivity contribution is -0.117. The van der Waals surface area contributed by atoms with E-state index in [0.717, 1.165) is 0 Å². The molecule has 0 spiro atoms. The van der Waals surface area contributed by atoms with Crippen molar-refractivity contribution in [1.82, 2.24) is 0 Å². The van der Waals surface area contributed by atoms with Gasteiger partial charge < -0.3 is 14.2 Å². The van der Waals surface area contributed by atoms with Crippen LogP contribution in [0.2, 0.25) is 0 Å². The molecule has 0 fully saturated rings.